The number of hydrogen-bond acceptors (Lipinski definition) is 2. The quantitative estimate of drug-likeness (QED) is 0.753. The van der Waals surface area contributed by atoms with E-state index in [4.69, 9.17) is 0 Å². The number of carbonyl (C=O) groups excluding carboxylic acids is 1. The molecular weight excluding hydrogens is 188 g/mol. The Labute approximate surface area is 92.2 Å². The fourth-order valence-corrected chi connectivity index (χ4v) is 2.86. The van der Waals surface area contributed by atoms with E-state index >= 15 is 0 Å². The second-order valence-electron chi connectivity index (χ2n) is 5.06. The molecule has 2 aliphatic rings. The number of amides is 1. The SMILES string of the molecule is CC1NC(C)N(CC2CCCCC2)C1=O. The molecule has 2 rings (SSSR count). The van der Waals surface area contributed by atoms with Gasteiger partial charge in [-0.25, -0.2) is 0 Å². The third-order valence-electron chi connectivity index (χ3n) is 3.79. The van der Waals surface area contributed by atoms with Crippen LogP contribution in [0.25, 0.3) is 0 Å². The van der Waals surface area contributed by atoms with Gasteiger partial charge in [-0.3, -0.25) is 10.1 Å². The molecule has 15 heavy (non-hydrogen) atoms. The Morgan fingerprint density at radius 3 is 2.47 bits per heavy atom. The summed E-state index contributed by atoms with van der Waals surface area (Å²) in [6.45, 7) is 5.02. The molecule has 0 aromatic carbocycles. The molecule has 1 heterocycles. The molecule has 2 fully saturated rings. The highest BCUT2D eigenvalue weighted by atomic mass is 16.2. The van der Waals surface area contributed by atoms with E-state index in [9.17, 15) is 4.79 Å². The van der Waals surface area contributed by atoms with Crippen molar-refractivity contribution in [3.05, 3.63) is 0 Å². The maximum absolute atomic E-state index is 11.9. The normalized spacial score (nSPS) is 33.7. The zero-order valence-corrected chi connectivity index (χ0v) is 9.83. The Morgan fingerprint density at radius 1 is 1.27 bits per heavy atom. The number of hydrogen-bond donors (Lipinski definition) is 1. The summed E-state index contributed by atoms with van der Waals surface area (Å²) in [6, 6.07) is 0.0172. The molecule has 1 aliphatic heterocycles. The van der Waals surface area contributed by atoms with Crippen LogP contribution in [0.3, 0.4) is 0 Å². The molecule has 86 valence electrons. The van der Waals surface area contributed by atoms with Gasteiger partial charge in [0, 0.05) is 6.54 Å². The van der Waals surface area contributed by atoms with Crippen LogP contribution in [-0.4, -0.2) is 29.6 Å². The number of nitrogens with zero attached hydrogens (tertiary/aromatic N) is 1. The summed E-state index contributed by atoms with van der Waals surface area (Å²) < 4.78 is 0. The summed E-state index contributed by atoms with van der Waals surface area (Å²) in [7, 11) is 0. The van der Waals surface area contributed by atoms with Gasteiger partial charge in [0.25, 0.3) is 0 Å². The minimum absolute atomic E-state index is 0.0172. The molecule has 1 aliphatic carbocycles. The highest BCUT2D eigenvalue weighted by Gasteiger charge is 2.34. The molecule has 3 nitrogen and oxygen atoms in total. The molecule has 3 heteroatoms. The van der Waals surface area contributed by atoms with E-state index in [1.807, 2.05) is 11.8 Å². The van der Waals surface area contributed by atoms with E-state index < -0.39 is 0 Å². The number of nitrogens with one attached hydrogen (secondary N) is 1. The lowest BCUT2D eigenvalue weighted by Gasteiger charge is -2.29. The monoisotopic (exact) mass is 210 g/mol. The molecule has 1 N–H and O–H groups in total. The van der Waals surface area contributed by atoms with Gasteiger partial charge in [-0.2, -0.15) is 0 Å². The van der Waals surface area contributed by atoms with Crippen molar-refractivity contribution < 1.29 is 4.79 Å². The Morgan fingerprint density at radius 2 is 1.93 bits per heavy atom. The van der Waals surface area contributed by atoms with Crippen molar-refractivity contribution in [1.29, 1.82) is 0 Å². The van der Waals surface area contributed by atoms with Crippen molar-refractivity contribution in [2.24, 2.45) is 5.92 Å². The standard InChI is InChI=1S/C12H22N2O/c1-9-12(15)14(10(2)13-9)8-11-6-4-3-5-7-11/h9-11,13H,3-8H2,1-2H3. The lowest BCUT2D eigenvalue weighted by atomic mass is 9.89. The molecule has 1 saturated heterocycles. The molecule has 0 radical (unpaired) electrons. The lowest BCUT2D eigenvalue weighted by Crippen LogP contribution is -2.38. The smallest absolute Gasteiger partial charge is 0.240 e. The molecule has 1 amide bonds. The van der Waals surface area contributed by atoms with Crippen molar-refractivity contribution in [2.75, 3.05) is 6.54 Å². The van der Waals surface area contributed by atoms with Gasteiger partial charge in [-0.15, -0.1) is 0 Å². The molecular formula is C12H22N2O. The Bertz CT molecular complexity index is 236. The highest BCUT2D eigenvalue weighted by molar-refractivity contribution is 5.83. The molecule has 0 spiro atoms. The maximum Gasteiger partial charge on any atom is 0.240 e. The van der Waals surface area contributed by atoms with Crippen molar-refractivity contribution in [3.63, 3.8) is 0 Å². The highest BCUT2D eigenvalue weighted by Crippen LogP contribution is 2.26. The van der Waals surface area contributed by atoms with Crippen molar-refractivity contribution in [3.8, 4) is 0 Å². The molecule has 0 aromatic heterocycles. The van der Waals surface area contributed by atoms with E-state index in [2.05, 4.69) is 12.2 Å². The average Bonchev–Trinajstić information content (AvgIpc) is 2.47. The largest absolute Gasteiger partial charge is 0.326 e. The summed E-state index contributed by atoms with van der Waals surface area (Å²) in [5.41, 5.74) is 0. The van der Waals surface area contributed by atoms with Gasteiger partial charge in [0.2, 0.25) is 5.91 Å². The van der Waals surface area contributed by atoms with Gasteiger partial charge in [0.05, 0.1) is 12.2 Å². The summed E-state index contributed by atoms with van der Waals surface area (Å²) in [5.74, 6) is 1.03. The second kappa shape index (κ2) is 4.52. The summed E-state index contributed by atoms with van der Waals surface area (Å²) in [4.78, 5) is 13.9. The molecule has 0 bridgehead atoms. The van der Waals surface area contributed by atoms with Crippen LogP contribution in [0.4, 0.5) is 0 Å². The zero-order valence-electron chi connectivity index (χ0n) is 9.83. The van der Waals surface area contributed by atoms with Crippen LogP contribution in [0.5, 0.6) is 0 Å². The topological polar surface area (TPSA) is 32.3 Å². The van der Waals surface area contributed by atoms with E-state index in [1.54, 1.807) is 0 Å². The van der Waals surface area contributed by atoms with Gasteiger partial charge in [0.1, 0.15) is 0 Å². The lowest BCUT2D eigenvalue weighted by molar-refractivity contribution is -0.130. The Kier molecular flexibility index (Phi) is 3.29. The minimum atomic E-state index is 0.0172. The van der Waals surface area contributed by atoms with Crippen LogP contribution < -0.4 is 5.32 Å². The van der Waals surface area contributed by atoms with Crippen molar-refractivity contribution >= 4 is 5.91 Å². The van der Waals surface area contributed by atoms with Gasteiger partial charge >= 0.3 is 0 Å². The van der Waals surface area contributed by atoms with Gasteiger partial charge in [-0.05, 0) is 32.6 Å². The average molecular weight is 210 g/mol. The predicted molar refractivity (Wildman–Crippen MR) is 60.3 cm³/mol. The van der Waals surface area contributed by atoms with E-state index in [1.165, 1.54) is 32.1 Å². The first kappa shape index (κ1) is 10.9. The summed E-state index contributed by atoms with van der Waals surface area (Å²) in [5, 5.41) is 3.28. The second-order valence-corrected chi connectivity index (χ2v) is 5.06. The molecule has 0 aromatic rings. The van der Waals surface area contributed by atoms with Crippen LogP contribution in [0.2, 0.25) is 0 Å². The van der Waals surface area contributed by atoms with Crippen LogP contribution in [-0.2, 0) is 4.79 Å². The van der Waals surface area contributed by atoms with Gasteiger partial charge in [-0.1, -0.05) is 19.3 Å². The first-order chi connectivity index (χ1) is 7.18. The van der Waals surface area contributed by atoms with E-state index in [-0.39, 0.29) is 18.1 Å². The zero-order chi connectivity index (χ0) is 10.8. The fourth-order valence-electron chi connectivity index (χ4n) is 2.86. The van der Waals surface area contributed by atoms with Gasteiger partial charge < -0.3 is 4.90 Å². The first-order valence-electron chi connectivity index (χ1n) is 6.25. The predicted octanol–water partition coefficient (Wildman–Crippen LogP) is 1.73. The molecule has 1 saturated carbocycles. The number of carbonyl (C=O) groups is 1. The van der Waals surface area contributed by atoms with E-state index in [0.29, 0.717) is 0 Å². The summed E-state index contributed by atoms with van der Waals surface area (Å²) >= 11 is 0. The molecule has 2 atom stereocenters. The molecule has 2 unspecified atom stereocenters. The first-order valence-corrected chi connectivity index (χ1v) is 6.25. The minimum Gasteiger partial charge on any atom is -0.326 e. The number of rotatable bonds is 2. The third-order valence-corrected chi connectivity index (χ3v) is 3.79. The van der Waals surface area contributed by atoms with Crippen LogP contribution in [0.15, 0.2) is 0 Å². The summed E-state index contributed by atoms with van der Waals surface area (Å²) in [6.07, 6.45) is 6.94. The van der Waals surface area contributed by atoms with Crippen LogP contribution in [0, 0.1) is 5.92 Å². The van der Waals surface area contributed by atoms with Crippen LogP contribution >= 0.6 is 0 Å². The third kappa shape index (κ3) is 2.33. The van der Waals surface area contributed by atoms with Crippen molar-refractivity contribution in [1.82, 2.24) is 10.2 Å². The van der Waals surface area contributed by atoms with Crippen LogP contribution in [0.1, 0.15) is 46.0 Å². The Balaban J connectivity index is 1.90. The Hall–Kier alpha value is -0.570. The van der Waals surface area contributed by atoms with Gasteiger partial charge in [0.15, 0.2) is 0 Å². The van der Waals surface area contributed by atoms with Crippen molar-refractivity contribution in [2.45, 2.75) is 58.2 Å². The fraction of sp³-hybridized carbons (Fsp3) is 0.917. The maximum atomic E-state index is 11.9. The van der Waals surface area contributed by atoms with E-state index in [0.717, 1.165) is 12.5 Å².